The number of aromatic nitrogens is 6. The number of thiophene rings is 1. The third-order valence-corrected chi connectivity index (χ3v) is 9.09. The maximum Gasteiger partial charge on any atom is 0.164 e. The Labute approximate surface area is 256 Å². The number of para-hydroxylation sites is 1. The van der Waals surface area contributed by atoms with Gasteiger partial charge in [-0.1, -0.05) is 91.0 Å². The Bertz CT molecular complexity index is 2440. The highest BCUT2D eigenvalue weighted by atomic mass is 32.1. The summed E-state index contributed by atoms with van der Waals surface area (Å²) in [5, 5.41) is 4.69. The van der Waals surface area contributed by atoms with Crippen LogP contribution in [0.4, 0.5) is 0 Å². The molecule has 4 heterocycles. The summed E-state index contributed by atoms with van der Waals surface area (Å²) in [6.45, 7) is 0. The summed E-state index contributed by atoms with van der Waals surface area (Å²) in [5.74, 6) is 1.92. The molecule has 0 saturated heterocycles. The van der Waals surface area contributed by atoms with Gasteiger partial charge in [-0.15, -0.1) is 11.3 Å². The molecule has 0 aliphatic carbocycles. The van der Waals surface area contributed by atoms with Crippen molar-refractivity contribution >= 4 is 53.4 Å². The molecule has 0 bridgehead atoms. The van der Waals surface area contributed by atoms with E-state index in [0.29, 0.717) is 17.5 Å². The molecule has 7 heteroatoms. The Morgan fingerprint density at radius 2 is 1.18 bits per heavy atom. The average Bonchev–Trinajstić information content (AvgIpc) is 3.64. The van der Waals surface area contributed by atoms with Gasteiger partial charge in [0.15, 0.2) is 17.5 Å². The van der Waals surface area contributed by atoms with Gasteiger partial charge in [-0.25, -0.2) is 24.9 Å². The fourth-order valence-corrected chi connectivity index (χ4v) is 7.09. The minimum Gasteiger partial charge on any atom is -0.309 e. The summed E-state index contributed by atoms with van der Waals surface area (Å²) in [5.41, 5.74) is 6.11. The van der Waals surface area contributed by atoms with E-state index in [0.717, 1.165) is 43.6 Å². The highest BCUT2D eigenvalue weighted by Crippen LogP contribution is 2.42. The first-order chi connectivity index (χ1) is 21.8. The molecule has 0 spiro atoms. The van der Waals surface area contributed by atoms with Gasteiger partial charge in [0.2, 0.25) is 0 Å². The SMILES string of the molecule is c1ccc(-c2nc(-c3ccccc3)nc(-c3cccc(-n4c5ccccc5c5c6c(ccc54)sc4ncncc46)c3)n2)cc1. The van der Waals surface area contributed by atoms with E-state index in [1.165, 1.54) is 20.9 Å². The van der Waals surface area contributed by atoms with Crippen molar-refractivity contribution < 1.29 is 0 Å². The van der Waals surface area contributed by atoms with Gasteiger partial charge in [0.05, 0.1) is 11.0 Å². The minimum absolute atomic E-state index is 0.628. The van der Waals surface area contributed by atoms with Gasteiger partial charge >= 0.3 is 0 Å². The monoisotopic (exact) mass is 582 g/mol. The lowest BCUT2D eigenvalue weighted by Gasteiger charge is -2.11. The first-order valence-electron chi connectivity index (χ1n) is 14.3. The average molecular weight is 583 g/mol. The number of rotatable bonds is 4. The Hall–Kier alpha value is -5.79. The number of hydrogen-bond donors (Lipinski definition) is 0. The molecule has 9 aromatic rings. The molecule has 0 aliphatic heterocycles. The van der Waals surface area contributed by atoms with Crippen molar-refractivity contribution in [2.75, 3.05) is 0 Å². The lowest BCUT2D eigenvalue weighted by atomic mass is 10.1. The molecular formula is C37H22N6S. The van der Waals surface area contributed by atoms with Crippen molar-refractivity contribution in [1.29, 1.82) is 0 Å². The second-order valence-corrected chi connectivity index (χ2v) is 11.6. The van der Waals surface area contributed by atoms with Gasteiger partial charge in [-0.05, 0) is 30.3 Å². The quantitative estimate of drug-likeness (QED) is 0.207. The van der Waals surface area contributed by atoms with Crippen molar-refractivity contribution in [2.24, 2.45) is 0 Å². The lowest BCUT2D eigenvalue weighted by Crippen LogP contribution is -2.01. The molecular weight excluding hydrogens is 561 g/mol. The fraction of sp³-hybridized carbons (Fsp3) is 0. The van der Waals surface area contributed by atoms with Crippen LogP contribution in [0, 0.1) is 0 Å². The van der Waals surface area contributed by atoms with Gasteiger partial charge in [0.25, 0.3) is 0 Å². The Balaban J connectivity index is 1.28. The third kappa shape index (κ3) is 3.91. The van der Waals surface area contributed by atoms with Gasteiger partial charge in [0, 0.05) is 54.8 Å². The highest BCUT2D eigenvalue weighted by molar-refractivity contribution is 7.25. The van der Waals surface area contributed by atoms with Crippen molar-refractivity contribution in [3.05, 3.63) is 134 Å². The lowest BCUT2D eigenvalue weighted by molar-refractivity contribution is 1.07. The van der Waals surface area contributed by atoms with Crippen molar-refractivity contribution in [3.63, 3.8) is 0 Å². The smallest absolute Gasteiger partial charge is 0.164 e. The van der Waals surface area contributed by atoms with E-state index in [2.05, 4.69) is 75.2 Å². The van der Waals surface area contributed by atoms with Gasteiger partial charge in [-0.3, -0.25) is 0 Å². The standard InChI is InChI=1S/C37H22N6S/c1-3-10-23(11-4-1)34-40-35(24-12-5-2-6-13-24)42-36(41-34)25-14-9-15-26(20-25)43-29-17-8-7-16-27(29)32-30(43)18-19-31-33(32)28-21-38-22-39-37(28)44-31/h1-22H. The Morgan fingerprint density at radius 1 is 0.523 bits per heavy atom. The van der Waals surface area contributed by atoms with Crippen molar-refractivity contribution in [3.8, 4) is 39.9 Å². The van der Waals surface area contributed by atoms with Gasteiger partial charge in [-0.2, -0.15) is 0 Å². The van der Waals surface area contributed by atoms with Crippen LogP contribution in [0.5, 0.6) is 0 Å². The molecule has 44 heavy (non-hydrogen) atoms. The third-order valence-electron chi connectivity index (χ3n) is 8.01. The molecule has 0 N–H and O–H groups in total. The predicted molar refractivity (Wildman–Crippen MR) is 179 cm³/mol. The predicted octanol–water partition coefficient (Wildman–Crippen LogP) is 9.13. The molecule has 6 nitrogen and oxygen atoms in total. The molecule has 0 fully saturated rings. The van der Waals surface area contributed by atoms with Crippen LogP contribution in [0.25, 0.3) is 82.0 Å². The van der Waals surface area contributed by atoms with E-state index >= 15 is 0 Å². The van der Waals surface area contributed by atoms with E-state index in [9.17, 15) is 0 Å². The van der Waals surface area contributed by atoms with Crippen LogP contribution in [0.2, 0.25) is 0 Å². The number of hydrogen-bond acceptors (Lipinski definition) is 6. The zero-order valence-electron chi connectivity index (χ0n) is 23.3. The summed E-state index contributed by atoms with van der Waals surface area (Å²) in [4.78, 5) is 24.7. The molecule has 0 saturated carbocycles. The zero-order valence-corrected chi connectivity index (χ0v) is 24.1. The Kier molecular flexibility index (Phi) is 5.57. The normalized spacial score (nSPS) is 11.6. The van der Waals surface area contributed by atoms with Crippen LogP contribution in [0.1, 0.15) is 0 Å². The molecule has 0 aliphatic rings. The van der Waals surface area contributed by atoms with Gasteiger partial charge < -0.3 is 4.57 Å². The van der Waals surface area contributed by atoms with Gasteiger partial charge in [0.1, 0.15) is 11.2 Å². The summed E-state index contributed by atoms with van der Waals surface area (Å²) < 4.78 is 3.54. The van der Waals surface area contributed by atoms with Crippen LogP contribution >= 0.6 is 11.3 Å². The number of nitrogens with zero attached hydrogens (tertiary/aromatic N) is 6. The van der Waals surface area contributed by atoms with E-state index in [1.54, 1.807) is 17.7 Å². The first kappa shape index (κ1) is 24.8. The van der Waals surface area contributed by atoms with E-state index in [4.69, 9.17) is 15.0 Å². The molecule has 0 unspecified atom stereocenters. The number of fused-ring (bicyclic) bond motifs is 7. The van der Waals surface area contributed by atoms with Crippen LogP contribution in [0.3, 0.4) is 0 Å². The maximum atomic E-state index is 4.97. The summed E-state index contributed by atoms with van der Waals surface area (Å²) in [6.07, 6.45) is 3.56. The second-order valence-electron chi connectivity index (χ2n) is 10.6. The molecule has 206 valence electrons. The van der Waals surface area contributed by atoms with Crippen LogP contribution < -0.4 is 0 Å². The van der Waals surface area contributed by atoms with E-state index in [-0.39, 0.29) is 0 Å². The topological polar surface area (TPSA) is 69.4 Å². The molecule has 0 atom stereocenters. The molecule has 0 amide bonds. The van der Waals surface area contributed by atoms with Crippen LogP contribution in [-0.2, 0) is 0 Å². The summed E-state index contributed by atoms with van der Waals surface area (Å²) >= 11 is 1.71. The molecule has 0 radical (unpaired) electrons. The Morgan fingerprint density at radius 3 is 1.93 bits per heavy atom. The highest BCUT2D eigenvalue weighted by Gasteiger charge is 2.19. The molecule has 5 aromatic carbocycles. The largest absolute Gasteiger partial charge is 0.309 e. The number of benzene rings is 5. The van der Waals surface area contributed by atoms with Crippen LogP contribution in [-0.4, -0.2) is 29.5 Å². The van der Waals surface area contributed by atoms with Crippen LogP contribution in [0.15, 0.2) is 134 Å². The van der Waals surface area contributed by atoms with Crippen molar-refractivity contribution in [2.45, 2.75) is 0 Å². The fourth-order valence-electron chi connectivity index (χ4n) is 6.07. The minimum atomic E-state index is 0.628. The second kappa shape index (κ2) is 9.90. The summed E-state index contributed by atoms with van der Waals surface area (Å²) in [7, 11) is 0. The van der Waals surface area contributed by atoms with E-state index < -0.39 is 0 Å². The summed E-state index contributed by atoms with van der Waals surface area (Å²) in [6, 6.07) is 41.6. The first-order valence-corrected chi connectivity index (χ1v) is 15.2. The van der Waals surface area contributed by atoms with Crippen molar-refractivity contribution in [1.82, 2.24) is 29.5 Å². The molecule has 9 rings (SSSR count). The molecule has 4 aromatic heterocycles. The zero-order chi connectivity index (χ0) is 29.0. The van der Waals surface area contributed by atoms with E-state index in [1.807, 2.05) is 66.9 Å². The maximum absolute atomic E-state index is 4.97.